The fourth-order valence-electron chi connectivity index (χ4n) is 6.47. The lowest BCUT2D eigenvalue weighted by atomic mass is 9.87. The van der Waals surface area contributed by atoms with E-state index in [9.17, 15) is 13.2 Å². The topological polar surface area (TPSA) is 85.4 Å². The van der Waals surface area contributed by atoms with Gasteiger partial charge >= 0.3 is 0 Å². The van der Waals surface area contributed by atoms with Crippen LogP contribution >= 0.6 is 0 Å². The van der Waals surface area contributed by atoms with Crippen molar-refractivity contribution in [2.45, 2.75) is 67.8 Å². The first-order chi connectivity index (χ1) is 21.4. The largest absolute Gasteiger partial charge is 0.494 e. The number of hydrogen-bond donors (Lipinski definition) is 0. The van der Waals surface area contributed by atoms with Crippen LogP contribution in [0.4, 0.5) is 0 Å². The summed E-state index contributed by atoms with van der Waals surface area (Å²) < 4.78 is 42.8. The molecule has 0 N–H and O–H groups in total. The number of benzene rings is 3. The normalized spacial score (nSPS) is 18.4. The summed E-state index contributed by atoms with van der Waals surface area (Å²) >= 11 is 0. The Balaban J connectivity index is 0.960. The molecule has 3 heterocycles. The van der Waals surface area contributed by atoms with E-state index in [2.05, 4.69) is 41.0 Å². The van der Waals surface area contributed by atoms with Crippen molar-refractivity contribution in [3.63, 3.8) is 0 Å². The Morgan fingerprint density at radius 3 is 2.23 bits per heavy atom. The quantitative estimate of drug-likeness (QED) is 0.192. The fraction of sp³-hybridized carbons (Fsp3) is 0.457. The number of nitrogens with zero attached hydrogens (tertiary/aromatic N) is 2. The number of fused-ring (bicyclic) bond motifs is 1. The van der Waals surface area contributed by atoms with Crippen LogP contribution in [0, 0.1) is 5.92 Å². The number of sulfone groups is 1. The summed E-state index contributed by atoms with van der Waals surface area (Å²) in [5.41, 5.74) is 1.89. The summed E-state index contributed by atoms with van der Waals surface area (Å²) in [6, 6.07) is 20.1. The monoisotopic (exact) mass is 618 g/mol. The molecule has 0 aliphatic carbocycles. The van der Waals surface area contributed by atoms with Crippen molar-refractivity contribution in [2.75, 3.05) is 39.6 Å². The maximum Gasteiger partial charge on any atom is 0.231 e. The Bertz CT molecular complexity index is 1520. The number of unbranched alkanes of at least 4 members (excludes halogenated alkanes) is 1. The molecule has 0 atom stereocenters. The van der Waals surface area contributed by atoms with E-state index in [-0.39, 0.29) is 28.3 Å². The van der Waals surface area contributed by atoms with Gasteiger partial charge in [-0.15, -0.1) is 0 Å². The van der Waals surface area contributed by atoms with Gasteiger partial charge in [-0.3, -0.25) is 9.69 Å². The van der Waals surface area contributed by atoms with Gasteiger partial charge < -0.3 is 19.1 Å². The van der Waals surface area contributed by atoms with Crippen molar-refractivity contribution in [3.8, 4) is 17.2 Å². The third-order valence-electron chi connectivity index (χ3n) is 9.17. The SMILES string of the molecule is CCCCOc1ccc(CN2CCC(N3CCC(C(=O)c4ccc(S(=O)(=O)c5ccc6c(c5)OCO6)cc4)CC3)CC2)cc1. The number of carbonyl (C=O) groups excluding carboxylic acids is 1. The number of likely N-dealkylation sites (tertiary alicyclic amines) is 2. The highest BCUT2D eigenvalue weighted by atomic mass is 32.2. The van der Waals surface area contributed by atoms with Crippen molar-refractivity contribution in [3.05, 3.63) is 77.9 Å². The Morgan fingerprint density at radius 1 is 0.841 bits per heavy atom. The average molecular weight is 619 g/mol. The van der Waals surface area contributed by atoms with Gasteiger partial charge in [0, 0.05) is 30.1 Å². The molecule has 234 valence electrons. The second kappa shape index (κ2) is 13.7. The molecule has 9 heteroatoms. The summed E-state index contributed by atoms with van der Waals surface area (Å²) in [6.07, 6.45) is 6.19. The zero-order chi connectivity index (χ0) is 30.5. The number of hydrogen-bond acceptors (Lipinski definition) is 8. The Labute approximate surface area is 260 Å². The highest BCUT2D eigenvalue weighted by molar-refractivity contribution is 7.91. The molecule has 6 rings (SSSR count). The molecule has 0 saturated carbocycles. The predicted molar refractivity (Wildman–Crippen MR) is 168 cm³/mol. The van der Waals surface area contributed by atoms with Crippen molar-refractivity contribution >= 4 is 15.6 Å². The number of rotatable bonds is 11. The number of Topliss-reactive ketones (excluding diaryl/α,β-unsaturated/α-hetero) is 1. The van der Waals surface area contributed by atoms with E-state index in [1.165, 1.54) is 29.8 Å². The zero-order valence-electron chi connectivity index (χ0n) is 25.5. The first-order valence-electron chi connectivity index (χ1n) is 15.9. The van der Waals surface area contributed by atoms with Gasteiger partial charge in [-0.05, 0) is 100 Å². The summed E-state index contributed by atoms with van der Waals surface area (Å²) in [5.74, 6) is 1.98. The van der Waals surface area contributed by atoms with Crippen LogP contribution in [0.5, 0.6) is 17.2 Å². The third-order valence-corrected chi connectivity index (χ3v) is 10.9. The lowest BCUT2D eigenvalue weighted by Crippen LogP contribution is -2.48. The zero-order valence-corrected chi connectivity index (χ0v) is 26.3. The fourth-order valence-corrected chi connectivity index (χ4v) is 7.74. The standard InChI is InChI=1S/C35H42N2O6S/c1-2-3-22-41-30-8-4-26(5-9-30)24-36-18-16-29(17-19-36)37-20-14-28(15-21-37)35(38)27-6-10-31(11-7-27)44(39,40)32-12-13-33-34(23-32)43-25-42-33/h4-13,23,28-29H,2-3,14-22,24-25H2,1H3. The van der Waals surface area contributed by atoms with Gasteiger partial charge in [0.15, 0.2) is 17.3 Å². The number of ketones is 1. The molecule has 0 radical (unpaired) electrons. The van der Waals surface area contributed by atoms with Crippen molar-refractivity contribution in [2.24, 2.45) is 5.92 Å². The second-order valence-corrected chi connectivity index (χ2v) is 14.0. The molecule has 2 fully saturated rings. The minimum atomic E-state index is -3.74. The summed E-state index contributed by atoms with van der Waals surface area (Å²) in [6.45, 7) is 8.02. The van der Waals surface area contributed by atoms with Crippen LogP contribution in [-0.4, -0.2) is 69.6 Å². The van der Waals surface area contributed by atoms with Gasteiger partial charge in [0.1, 0.15) is 5.75 Å². The van der Waals surface area contributed by atoms with Crippen molar-refractivity contribution in [1.29, 1.82) is 0 Å². The Kier molecular flexibility index (Phi) is 9.54. The van der Waals surface area contributed by atoms with E-state index in [4.69, 9.17) is 14.2 Å². The predicted octanol–water partition coefficient (Wildman–Crippen LogP) is 5.99. The summed E-state index contributed by atoms with van der Waals surface area (Å²) in [5, 5.41) is 0. The van der Waals surface area contributed by atoms with Crippen molar-refractivity contribution < 1.29 is 27.4 Å². The Hall–Kier alpha value is -3.40. The van der Waals surface area contributed by atoms with Gasteiger partial charge in [-0.2, -0.15) is 0 Å². The van der Waals surface area contributed by atoms with E-state index in [1.54, 1.807) is 18.2 Å². The lowest BCUT2D eigenvalue weighted by molar-refractivity contribution is 0.0640. The Morgan fingerprint density at radius 2 is 1.52 bits per heavy atom. The third kappa shape index (κ3) is 6.95. The smallest absolute Gasteiger partial charge is 0.231 e. The van der Waals surface area contributed by atoms with Gasteiger partial charge in [-0.1, -0.05) is 37.6 Å². The molecule has 3 aromatic rings. The molecule has 0 bridgehead atoms. The molecule has 3 aliphatic heterocycles. The van der Waals surface area contributed by atoms with Crippen LogP contribution in [-0.2, 0) is 16.4 Å². The van der Waals surface area contributed by atoms with Crippen LogP contribution in [0.3, 0.4) is 0 Å². The minimum Gasteiger partial charge on any atom is -0.494 e. The summed E-state index contributed by atoms with van der Waals surface area (Å²) in [4.78, 5) is 18.7. The highest BCUT2D eigenvalue weighted by Gasteiger charge is 2.31. The number of carbonyl (C=O) groups is 1. The van der Waals surface area contributed by atoms with Gasteiger partial charge in [0.2, 0.25) is 16.6 Å². The number of piperidine rings is 2. The molecule has 3 aliphatic rings. The van der Waals surface area contributed by atoms with E-state index in [0.29, 0.717) is 23.1 Å². The van der Waals surface area contributed by atoms with E-state index < -0.39 is 9.84 Å². The molecule has 0 unspecified atom stereocenters. The second-order valence-electron chi connectivity index (χ2n) is 12.1. The minimum absolute atomic E-state index is 0.0309. The number of ether oxygens (including phenoxy) is 3. The van der Waals surface area contributed by atoms with Crippen LogP contribution < -0.4 is 14.2 Å². The van der Waals surface area contributed by atoms with E-state index >= 15 is 0 Å². The molecular weight excluding hydrogens is 576 g/mol. The summed E-state index contributed by atoms with van der Waals surface area (Å²) in [7, 11) is -3.74. The molecular formula is C35H42N2O6S. The van der Waals surface area contributed by atoms with Gasteiger partial charge in [-0.25, -0.2) is 8.42 Å². The molecule has 0 aromatic heterocycles. The maximum absolute atomic E-state index is 13.3. The van der Waals surface area contributed by atoms with Gasteiger partial charge in [0.05, 0.1) is 16.4 Å². The van der Waals surface area contributed by atoms with E-state index in [1.807, 2.05) is 0 Å². The molecule has 2 saturated heterocycles. The average Bonchev–Trinajstić information content (AvgIpc) is 3.54. The molecule has 0 amide bonds. The molecule has 3 aromatic carbocycles. The first-order valence-corrected chi connectivity index (χ1v) is 17.4. The van der Waals surface area contributed by atoms with E-state index in [0.717, 1.165) is 83.6 Å². The van der Waals surface area contributed by atoms with Gasteiger partial charge in [0.25, 0.3) is 0 Å². The van der Waals surface area contributed by atoms with Crippen LogP contribution in [0.2, 0.25) is 0 Å². The maximum atomic E-state index is 13.3. The lowest BCUT2D eigenvalue weighted by Gasteiger charge is -2.41. The van der Waals surface area contributed by atoms with Crippen LogP contribution in [0.1, 0.15) is 61.4 Å². The highest BCUT2D eigenvalue weighted by Crippen LogP contribution is 2.36. The van der Waals surface area contributed by atoms with Crippen molar-refractivity contribution in [1.82, 2.24) is 9.80 Å². The molecule has 0 spiro atoms. The first kappa shape index (κ1) is 30.6. The molecule has 8 nitrogen and oxygen atoms in total. The van der Waals surface area contributed by atoms with Crippen LogP contribution in [0.25, 0.3) is 0 Å². The molecule has 44 heavy (non-hydrogen) atoms. The van der Waals surface area contributed by atoms with Crippen LogP contribution in [0.15, 0.2) is 76.5 Å².